The van der Waals surface area contributed by atoms with Crippen molar-refractivity contribution in [1.82, 2.24) is 5.32 Å². The van der Waals surface area contributed by atoms with Crippen LogP contribution in [0.5, 0.6) is 11.5 Å². The first-order valence-corrected chi connectivity index (χ1v) is 9.10. The van der Waals surface area contributed by atoms with Crippen LogP contribution < -0.4 is 20.1 Å². The molecule has 1 heterocycles. The van der Waals surface area contributed by atoms with Gasteiger partial charge in [-0.3, -0.25) is 9.59 Å². The third-order valence-electron chi connectivity index (χ3n) is 4.34. The first-order valence-electron chi connectivity index (χ1n) is 8.30. The number of carbonyl (C=O) groups is 2. The van der Waals surface area contributed by atoms with Crippen LogP contribution in [0, 0.1) is 0 Å². The molecule has 2 amide bonds. The summed E-state index contributed by atoms with van der Waals surface area (Å²) in [6, 6.07) is 12.9. The summed E-state index contributed by atoms with van der Waals surface area (Å²) < 4.78 is 11.2. The molecule has 0 spiro atoms. The molecular weight excluding hydrogens is 412 g/mol. The Morgan fingerprint density at radius 1 is 1.15 bits per heavy atom. The fourth-order valence-electron chi connectivity index (χ4n) is 2.96. The van der Waals surface area contributed by atoms with Crippen LogP contribution in [0.2, 0.25) is 0 Å². The van der Waals surface area contributed by atoms with E-state index in [1.807, 2.05) is 30.3 Å². The van der Waals surface area contributed by atoms with Crippen molar-refractivity contribution in [2.45, 2.75) is 12.3 Å². The van der Waals surface area contributed by atoms with Crippen LogP contribution in [-0.4, -0.2) is 26.0 Å². The van der Waals surface area contributed by atoms with Crippen LogP contribution in [-0.2, 0) is 9.59 Å². The molecule has 3 rings (SSSR count). The van der Waals surface area contributed by atoms with Gasteiger partial charge in [0.15, 0.2) is 11.5 Å². The van der Waals surface area contributed by atoms with Crippen LogP contribution in [0.15, 0.2) is 58.7 Å². The number of hydrogen-bond donors (Lipinski definition) is 2. The quantitative estimate of drug-likeness (QED) is 0.759. The van der Waals surface area contributed by atoms with Gasteiger partial charge in [-0.25, -0.2) is 0 Å². The number of amides is 2. The van der Waals surface area contributed by atoms with Crippen LogP contribution in [0.25, 0.3) is 0 Å². The molecule has 27 heavy (non-hydrogen) atoms. The number of methoxy groups -OCH3 is 2. The van der Waals surface area contributed by atoms with E-state index < -0.39 is 0 Å². The van der Waals surface area contributed by atoms with Gasteiger partial charge in [-0.1, -0.05) is 30.3 Å². The van der Waals surface area contributed by atoms with Gasteiger partial charge in [-0.2, -0.15) is 0 Å². The van der Waals surface area contributed by atoms with Crippen molar-refractivity contribution < 1.29 is 19.1 Å². The third-order valence-corrected chi connectivity index (χ3v) is 5.00. The molecule has 0 bridgehead atoms. The number of rotatable bonds is 5. The summed E-state index contributed by atoms with van der Waals surface area (Å²) in [7, 11) is 3.07. The predicted molar refractivity (Wildman–Crippen MR) is 106 cm³/mol. The molecule has 2 N–H and O–H groups in total. The second-order valence-electron chi connectivity index (χ2n) is 5.98. The Hall–Kier alpha value is -2.80. The molecule has 0 saturated carbocycles. The van der Waals surface area contributed by atoms with E-state index in [2.05, 4.69) is 26.6 Å². The van der Waals surface area contributed by atoms with E-state index in [1.54, 1.807) is 19.2 Å². The molecule has 1 atom stereocenters. The van der Waals surface area contributed by atoms with E-state index >= 15 is 0 Å². The average molecular weight is 431 g/mol. The summed E-state index contributed by atoms with van der Waals surface area (Å²) in [6.07, 6.45) is 1.70. The topological polar surface area (TPSA) is 76.7 Å². The Morgan fingerprint density at radius 3 is 2.48 bits per heavy atom. The number of halogens is 1. The summed E-state index contributed by atoms with van der Waals surface area (Å²) in [5.74, 6) is 0.332. The lowest BCUT2D eigenvalue weighted by Gasteiger charge is -2.24. The number of anilines is 1. The lowest BCUT2D eigenvalue weighted by atomic mass is 9.86. The van der Waals surface area contributed by atoms with Crippen molar-refractivity contribution >= 4 is 33.4 Å². The Balaban J connectivity index is 1.89. The molecule has 0 unspecified atom stereocenters. The highest BCUT2D eigenvalue weighted by Crippen LogP contribution is 2.37. The van der Waals surface area contributed by atoms with Crippen molar-refractivity contribution in [3.8, 4) is 11.5 Å². The van der Waals surface area contributed by atoms with Gasteiger partial charge in [0.2, 0.25) is 5.91 Å². The van der Waals surface area contributed by atoms with Gasteiger partial charge < -0.3 is 20.1 Å². The van der Waals surface area contributed by atoms with Crippen LogP contribution in [0.3, 0.4) is 0 Å². The molecular formula is C20H19BrN2O4. The molecule has 7 heteroatoms. The maximum Gasteiger partial charge on any atom is 0.253 e. The van der Waals surface area contributed by atoms with Gasteiger partial charge >= 0.3 is 0 Å². The largest absolute Gasteiger partial charge is 0.493 e. The Labute approximate surface area is 165 Å². The van der Waals surface area contributed by atoms with Gasteiger partial charge in [0.25, 0.3) is 5.91 Å². The zero-order chi connectivity index (χ0) is 19.4. The summed E-state index contributed by atoms with van der Waals surface area (Å²) in [5, 5.41) is 5.52. The molecule has 0 aliphatic carbocycles. The minimum Gasteiger partial charge on any atom is -0.493 e. The number of hydrogen-bond acceptors (Lipinski definition) is 4. The molecule has 1 aliphatic heterocycles. The second kappa shape index (κ2) is 8.26. The van der Waals surface area contributed by atoms with Crippen LogP contribution >= 0.6 is 15.9 Å². The fourth-order valence-corrected chi connectivity index (χ4v) is 3.39. The van der Waals surface area contributed by atoms with E-state index in [4.69, 9.17) is 9.47 Å². The van der Waals surface area contributed by atoms with Crippen molar-refractivity contribution in [2.24, 2.45) is 0 Å². The summed E-state index contributed by atoms with van der Waals surface area (Å²) in [6.45, 7) is 0. The van der Waals surface area contributed by atoms with Crippen LogP contribution in [0.1, 0.15) is 17.9 Å². The molecule has 2 aromatic rings. The fraction of sp³-hybridized carbons (Fsp3) is 0.200. The number of benzene rings is 2. The zero-order valence-corrected chi connectivity index (χ0v) is 16.5. The third kappa shape index (κ3) is 4.14. The summed E-state index contributed by atoms with van der Waals surface area (Å²) in [4.78, 5) is 24.8. The van der Waals surface area contributed by atoms with Crippen molar-refractivity contribution in [1.29, 1.82) is 0 Å². The molecule has 2 aromatic carbocycles. The first-order chi connectivity index (χ1) is 13.0. The molecule has 0 fully saturated rings. The van der Waals surface area contributed by atoms with E-state index in [-0.39, 0.29) is 24.2 Å². The van der Waals surface area contributed by atoms with Gasteiger partial charge in [-0.15, -0.1) is 0 Å². The zero-order valence-electron chi connectivity index (χ0n) is 14.9. The highest BCUT2D eigenvalue weighted by Gasteiger charge is 2.29. The van der Waals surface area contributed by atoms with Gasteiger partial charge in [0.05, 0.1) is 19.9 Å². The summed E-state index contributed by atoms with van der Waals surface area (Å²) in [5.41, 5.74) is 1.95. The monoisotopic (exact) mass is 430 g/mol. The molecule has 0 aromatic heterocycles. The summed E-state index contributed by atoms with van der Waals surface area (Å²) >= 11 is 3.43. The van der Waals surface area contributed by atoms with Gasteiger partial charge in [0, 0.05) is 40.7 Å². The lowest BCUT2D eigenvalue weighted by molar-refractivity contribution is -0.121. The molecule has 6 nitrogen and oxygen atoms in total. The molecule has 1 aliphatic rings. The minimum atomic E-state index is -0.307. The smallest absolute Gasteiger partial charge is 0.253 e. The normalized spacial score (nSPS) is 16.2. The van der Waals surface area contributed by atoms with E-state index in [9.17, 15) is 9.59 Å². The van der Waals surface area contributed by atoms with Gasteiger partial charge in [0.1, 0.15) is 0 Å². The maximum absolute atomic E-state index is 12.9. The number of ether oxygens (including phenoxy) is 2. The van der Waals surface area contributed by atoms with Crippen molar-refractivity contribution in [2.75, 3.05) is 19.5 Å². The molecule has 0 saturated heterocycles. The predicted octanol–water partition coefficient (Wildman–Crippen LogP) is 3.59. The van der Waals surface area contributed by atoms with Crippen molar-refractivity contribution in [3.05, 3.63) is 64.3 Å². The Bertz CT molecular complexity index is 896. The Kier molecular flexibility index (Phi) is 5.81. The number of carbonyl (C=O) groups excluding carboxylic acids is 2. The van der Waals surface area contributed by atoms with Crippen molar-refractivity contribution in [3.63, 3.8) is 0 Å². The Morgan fingerprint density at radius 2 is 1.81 bits per heavy atom. The van der Waals surface area contributed by atoms with E-state index in [0.29, 0.717) is 27.2 Å². The van der Waals surface area contributed by atoms with E-state index in [1.165, 1.54) is 13.3 Å². The highest BCUT2D eigenvalue weighted by molar-refractivity contribution is 9.10. The first kappa shape index (κ1) is 19.0. The SMILES string of the molecule is COc1cc(Br)c(NC(=O)C2=CNC(=O)C[C@H]2c2ccccc2)cc1OC. The number of nitrogens with one attached hydrogen (secondary N) is 2. The minimum absolute atomic E-state index is 0.118. The maximum atomic E-state index is 12.9. The lowest BCUT2D eigenvalue weighted by Crippen LogP contribution is -2.32. The van der Waals surface area contributed by atoms with Gasteiger partial charge in [-0.05, 0) is 21.5 Å². The highest BCUT2D eigenvalue weighted by atomic mass is 79.9. The van der Waals surface area contributed by atoms with Crippen LogP contribution in [0.4, 0.5) is 5.69 Å². The van der Waals surface area contributed by atoms with E-state index in [0.717, 1.165) is 5.56 Å². The molecule has 0 radical (unpaired) electrons. The second-order valence-corrected chi connectivity index (χ2v) is 6.83. The molecule has 140 valence electrons. The standard InChI is InChI=1S/C20H19BrN2O4/c1-26-17-9-15(21)16(10-18(17)27-2)23-20(25)14-11-22-19(24)8-13(14)12-6-4-3-5-7-12/h3-7,9-11,13H,8H2,1-2H3,(H,22,24)(H,23,25)/t13-/m0/s1. The average Bonchev–Trinajstić information content (AvgIpc) is 2.69.